The van der Waals surface area contributed by atoms with Crippen LogP contribution in [0, 0.1) is 0 Å². The average molecular weight is 383 g/mol. The molecular formula is C19H21N5O2S. The normalized spacial score (nSPS) is 16.4. The molecular weight excluding hydrogens is 362 g/mol. The summed E-state index contributed by atoms with van der Waals surface area (Å²) in [5, 5.41) is 9.55. The molecule has 0 radical (unpaired) electrons. The summed E-state index contributed by atoms with van der Waals surface area (Å²) in [6.45, 7) is 3.54. The van der Waals surface area contributed by atoms with Crippen molar-refractivity contribution in [1.82, 2.24) is 25.3 Å². The third kappa shape index (κ3) is 4.06. The predicted octanol–water partition coefficient (Wildman–Crippen LogP) is 3.15. The Morgan fingerprint density at radius 3 is 2.78 bits per heavy atom. The minimum atomic E-state index is -0.0439. The maximum absolute atomic E-state index is 12.4. The highest BCUT2D eigenvalue weighted by molar-refractivity contribution is 7.12. The van der Waals surface area contributed by atoms with Gasteiger partial charge in [0.1, 0.15) is 0 Å². The number of nitrogens with one attached hydrogen (secondary N) is 1. The molecule has 1 fully saturated rings. The zero-order chi connectivity index (χ0) is 18.6. The van der Waals surface area contributed by atoms with E-state index in [1.807, 2.05) is 41.5 Å². The summed E-state index contributed by atoms with van der Waals surface area (Å²) in [6, 6.07) is 7.79. The van der Waals surface area contributed by atoms with E-state index in [1.165, 1.54) is 11.3 Å². The van der Waals surface area contributed by atoms with Crippen molar-refractivity contribution in [2.24, 2.45) is 0 Å². The summed E-state index contributed by atoms with van der Waals surface area (Å²) in [5.74, 6) is 1.27. The third-order valence-electron chi connectivity index (χ3n) is 4.75. The smallest absolute Gasteiger partial charge is 0.263 e. The highest BCUT2D eigenvalue weighted by Crippen LogP contribution is 2.21. The van der Waals surface area contributed by atoms with Crippen LogP contribution in [-0.4, -0.2) is 45.1 Å². The molecule has 7 nitrogen and oxygen atoms in total. The Labute approximate surface area is 161 Å². The minimum Gasteiger partial charge on any atom is -0.338 e. The number of piperidine rings is 1. The molecule has 1 aliphatic rings. The summed E-state index contributed by atoms with van der Waals surface area (Å²) in [7, 11) is 0. The molecule has 4 rings (SSSR count). The van der Waals surface area contributed by atoms with Gasteiger partial charge in [0, 0.05) is 37.1 Å². The molecule has 1 N–H and O–H groups in total. The van der Waals surface area contributed by atoms with Crippen molar-refractivity contribution >= 4 is 17.2 Å². The van der Waals surface area contributed by atoms with Crippen molar-refractivity contribution in [3.63, 3.8) is 0 Å². The summed E-state index contributed by atoms with van der Waals surface area (Å²) in [6.07, 6.45) is 5.23. The Morgan fingerprint density at radius 1 is 1.30 bits per heavy atom. The lowest BCUT2D eigenvalue weighted by Gasteiger charge is -2.33. The van der Waals surface area contributed by atoms with Gasteiger partial charge in [0.2, 0.25) is 11.7 Å². The Morgan fingerprint density at radius 2 is 2.07 bits per heavy atom. The van der Waals surface area contributed by atoms with Gasteiger partial charge in [-0.15, -0.1) is 11.3 Å². The van der Waals surface area contributed by atoms with Crippen LogP contribution < -0.4 is 5.32 Å². The van der Waals surface area contributed by atoms with E-state index < -0.39 is 0 Å². The molecule has 0 saturated carbocycles. The van der Waals surface area contributed by atoms with Crippen LogP contribution in [-0.2, 0) is 0 Å². The Hall–Kier alpha value is -2.58. The molecule has 4 heterocycles. The van der Waals surface area contributed by atoms with Gasteiger partial charge in [0.25, 0.3) is 5.91 Å². The number of hydrogen-bond acceptors (Lipinski definition) is 7. The number of aromatic nitrogens is 3. The molecule has 8 heteroatoms. The van der Waals surface area contributed by atoms with Gasteiger partial charge < -0.3 is 14.7 Å². The quantitative estimate of drug-likeness (QED) is 0.729. The molecule has 1 aliphatic heterocycles. The highest BCUT2D eigenvalue weighted by Gasteiger charge is 2.26. The van der Waals surface area contributed by atoms with E-state index in [-0.39, 0.29) is 11.9 Å². The fourth-order valence-electron chi connectivity index (χ4n) is 3.26. The van der Waals surface area contributed by atoms with E-state index >= 15 is 0 Å². The van der Waals surface area contributed by atoms with Crippen LogP contribution in [0.1, 0.15) is 41.4 Å². The Kier molecular flexibility index (Phi) is 5.26. The van der Waals surface area contributed by atoms with Gasteiger partial charge in [-0.05, 0) is 43.3 Å². The lowest BCUT2D eigenvalue weighted by Crippen LogP contribution is -2.45. The number of amides is 1. The second-order valence-corrected chi connectivity index (χ2v) is 7.57. The van der Waals surface area contributed by atoms with Crippen molar-refractivity contribution in [2.75, 3.05) is 13.1 Å². The second kappa shape index (κ2) is 7.98. The monoisotopic (exact) mass is 383 g/mol. The number of carbonyl (C=O) groups is 1. The molecule has 140 valence electrons. The van der Waals surface area contributed by atoms with Gasteiger partial charge in [-0.2, -0.15) is 4.98 Å². The molecule has 0 aromatic carbocycles. The first-order valence-corrected chi connectivity index (χ1v) is 9.91. The fraction of sp³-hybridized carbons (Fsp3) is 0.368. The van der Waals surface area contributed by atoms with Crippen LogP contribution in [0.5, 0.6) is 0 Å². The Bertz CT molecular complexity index is 873. The number of nitrogens with zero attached hydrogens (tertiary/aromatic N) is 4. The van der Waals surface area contributed by atoms with E-state index in [9.17, 15) is 4.79 Å². The van der Waals surface area contributed by atoms with Crippen LogP contribution >= 0.6 is 11.3 Å². The van der Waals surface area contributed by atoms with Crippen LogP contribution in [0.2, 0.25) is 0 Å². The largest absolute Gasteiger partial charge is 0.338 e. The van der Waals surface area contributed by atoms with Gasteiger partial charge in [-0.3, -0.25) is 9.78 Å². The fourth-order valence-corrected chi connectivity index (χ4v) is 3.95. The summed E-state index contributed by atoms with van der Waals surface area (Å²) in [5.41, 5.74) is 0.882. The zero-order valence-electron chi connectivity index (χ0n) is 15.0. The SMILES string of the molecule is CC(NC1CCN(C(=O)c2cccs2)CC1)c1nc(-c2ccncc2)no1. The van der Waals surface area contributed by atoms with Crippen molar-refractivity contribution < 1.29 is 9.32 Å². The number of pyridine rings is 1. The molecule has 3 aromatic heterocycles. The Balaban J connectivity index is 1.31. The lowest BCUT2D eigenvalue weighted by molar-refractivity contribution is 0.0705. The van der Waals surface area contributed by atoms with Gasteiger partial charge in [-0.1, -0.05) is 11.2 Å². The van der Waals surface area contributed by atoms with Crippen LogP contribution in [0.15, 0.2) is 46.6 Å². The maximum Gasteiger partial charge on any atom is 0.263 e. The van der Waals surface area contributed by atoms with Crippen molar-refractivity contribution in [1.29, 1.82) is 0 Å². The van der Waals surface area contributed by atoms with E-state index in [0.29, 0.717) is 17.8 Å². The first-order chi connectivity index (χ1) is 13.2. The first-order valence-electron chi connectivity index (χ1n) is 9.03. The highest BCUT2D eigenvalue weighted by atomic mass is 32.1. The molecule has 27 heavy (non-hydrogen) atoms. The number of carbonyl (C=O) groups excluding carboxylic acids is 1. The number of likely N-dealkylation sites (tertiary alicyclic amines) is 1. The second-order valence-electron chi connectivity index (χ2n) is 6.62. The zero-order valence-corrected chi connectivity index (χ0v) is 15.9. The van der Waals surface area contributed by atoms with Crippen molar-refractivity contribution in [3.8, 4) is 11.4 Å². The van der Waals surface area contributed by atoms with Gasteiger partial charge in [0.05, 0.1) is 10.9 Å². The molecule has 1 atom stereocenters. The van der Waals surface area contributed by atoms with E-state index in [2.05, 4.69) is 20.4 Å². The first kappa shape index (κ1) is 17.8. The van der Waals surface area contributed by atoms with E-state index in [4.69, 9.17) is 4.52 Å². The van der Waals surface area contributed by atoms with Crippen LogP contribution in [0.4, 0.5) is 0 Å². The van der Waals surface area contributed by atoms with E-state index in [0.717, 1.165) is 36.4 Å². The van der Waals surface area contributed by atoms with Crippen molar-refractivity contribution in [3.05, 3.63) is 52.8 Å². The maximum atomic E-state index is 12.4. The molecule has 1 amide bonds. The van der Waals surface area contributed by atoms with Crippen molar-refractivity contribution in [2.45, 2.75) is 31.8 Å². The minimum absolute atomic E-state index is 0.0439. The van der Waals surface area contributed by atoms with Gasteiger partial charge >= 0.3 is 0 Å². The molecule has 0 bridgehead atoms. The standard InChI is InChI=1S/C19H21N5O2S/c1-13(18-22-17(23-26-18)14-4-8-20-9-5-14)21-15-6-10-24(11-7-15)19(25)16-3-2-12-27-16/h2-5,8-9,12-13,15,21H,6-7,10-11H2,1H3. The molecule has 1 unspecified atom stereocenters. The van der Waals surface area contributed by atoms with Crippen LogP contribution in [0.3, 0.4) is 0 Å². The molecule has 0 spiro atoms. The van der Waals surface area contributed by atoms with Gasteiger partial charge in [-0.25, -0.2) is 0 Å². The molecule has 1 saturated heterocycles. The number of rotatable bonds is 5. The predicted molar refractivity (Wildman–Crippen MR) is 102 cm³/mol. The number of hydrogen-bond donors (Lipinski definition) is 1. The summed E-state index contributed by atoms with van der Waals surface area (Å²) >= 11 is 1.50. The molecule has 3 aromatic rings. The van der Waals surface area contributed by atoms with E-state index in [1.54, 1.807) is 12.4 Å². The third-order valence-corrected chi connectivity index (χ3v) is 5.61. The average Bonchev–Trinajstić information content (AvgIpc) is 3.41. The lowest BCUT2D eigenvalue weighted by atomic mass is 10.0. The topological polar surface area (TPSA) is 84.2 Å². The molecule has 0 aliphatic carbocycles. The summed E-state index contributed by atoms with van der Waals surface area (Å²) in [4.78, 5) is 23.7. The summed E-state index contributed by atoms with van der Waals surface area (Å²) < 4.78 is 5.42. The number of thiophene rings is 1. The van der Waals surface area contributed by atoms with Crippen LogP contribution in [0.25, 0.3) is 11.4 Å². The van der Waals surface area contributed by atoms with Gasteiger partial charge in [0.15, 0.2) is 0 Å².